The number of methoxy groups -OCH3 is 1. The molecule has 3 rings (SSSR count). The minimum absolute atomic E-state index is 0.220. The summed E-state index contributed by atoms with van der Waals surface area (Å²) in [4.78, 5) is 29.9. The first-order valence-corrected chi connectivity index (χ1v) is 12.9. The van der Waals surface area contributed by atoms with Gasteiger partial charge in [-0.25, -0.2) is 4.79 Å². The fourth-order valence-corrected chi connectivity index (χ4v) is 4.06. The van der Waals surface area contributed by atoms with Gasteiger partial charge in [0, 0.05) is 30.3 Å². The third-order valence-corrected chi connectivity index (χ3v) is 6.70. The average molecular weight is 534 g/mol. The number of benzene rings is 2. The van der Waals surface area contributed by atoms with Crippen LogP contribution in [0.4, 0.5) is 4.79 Å². The summed E-state index contributed by atoms with van der Waals surface area (Å²) >= 11 is 0. The summed E-state index contributed by atoms with van der Waals surface area (Å²) in [6.45, 7) is 5.97. The Hall–Kier alpha value is -3.79. The van der Waals surface area contributed by atoms with Crippen molar-refractivity contribution in [2.75, 3.05) is 13.7 Å². The van der Waals surface area contributed by atoms with Crippen LogP contribution in [0, 0.1) is 5.41 Å². The number of aliphatic hydroxyl groups is 1. The molecule has 0 fully saturated rings. The molecule has 0 saturated carbocycles. The molecular weight excluding hydrogens is 494 g/mol. The number of rotatable bonds is 11. The predicted molar refractivity (Wildman–Crippen MR) is 151 cm³/mol. The van der Waals surface area contributed by atoms with Gasteiger partial charge in [-0.1, -0.05) is 81.4 Å². The van der Waals surface area contributed by atoms with E-state index in [1.165, 1.54) is 7.11 Å². The molecule has 0 radical (unpaired) electrons. The number of hydrogen-bond acceptors (Lipinski definition) is 7. The van der Waals surface area contributed by atoms with Crippen molar-refractivity contribution in [1.29, 1.82) is 0 Å². The van der Waals surface area contributed by atoms with E-state index in [-0.39, 0.29) is 6.54 Å². The maximum atomic E-state index is 13.5. The van der Waals surface area contributed by atoms with Gasteiger partial charge in [0.15, 0.2) is 5.66 Å². The van der Waals surface area contributed by atoms with Crippen LogP contribution in [0.2, 0.25) is 0 Å². The van der Waals surface area contributed by atoms with Gasteiger partial charge >= 0.3 is 6.09 Å². The number of nitrogens with zero attached hydrogens (tertiary/aromatic N) is 1. The van der Waals surface area contributed by atoms with Crippen molar-refractivity contribution >= 4 is 12.0 Å². The molecule has 2 aromatic carbocycles. The number of amides is 2. The summed E-state index contributed by atoms with van der Waals surface area (Å²) < 4.78 is 4.69. The molecule has 0 aliphatic heterocycles. The Morgan fingerprint density at radius 3 is 2.23 bits per heavy atom. The minimum Gasteiger partial charge on any atom is -0.453 e. The summed E-state index contributed by atoms with van der Waals surface area (Å²) in [7, 11) is 1.20. The van der Waals surface area contributed by atoms with E-state index in [1.54, 1.807) is 27.0 Å². The Bertz CT molecular complexity index is 1200. The molecule has 1 aromatic heterocycles. The van der Waals surface area contributed by atoms with Gasteiger partial charge in [-0.15, -0.1) is 0 Å². The number of carbonyl (C=O) groups is 2. The summed E-state index contributed by atoms with van der Waals surface area (Å²) in [5.74, 6) is -0.620. The lowest BCUT2D eigenvalue weighted by atomic mass is 9.80. The lowest BCUT2D eigenvalue weighted by Crippen LogP contribution is -2.73. The summed E-state index contributed by atoms with van der Waals surface area (Å²) in [6.07, 6.45) is 0.369. The molecular formula is C30H39N5O4. The van der Waals surface area contributed by atoms with Crippen molar-refractivity contribution < 1.29 is 19.4 Å². The molecule has 39 heavy (non-hydrogen) atoms. The molecule has 0 bridgehead atoms. The predicted octanol–water partition coefficient (Wildman–Crippen LogP) is 2.98. The average Bonchev–Trinajstić information content (AvgIpc) is 2.93. The van der Waals surface area contributed by atoms with Crippen molar-refractivity contribution in [2.24, 2.45) is 11.1 Å². The summed E-state index contributed by atoms with van der Waals surface area (Å²) in [6, 6.07) is 22.7. The molecule has 1 heterocycles. The highest BCUT2D eigenvalue weighted by Crippen LogP contribution is 2.27. The first kappa shape index (κ1) is 29.8. The van der Waals surface area contributed by atoms with Crippen molar-refractivity contribution in [3.63, 3.8) is 0 Å². The van der Waals surface area contributed by atoms with E-state index in [9.17, 15) is 14.7 Å². The maximum absolute atomic E-state index is 13.5. The van der Waals surface area contributed by atoms with E-state index in [2.05, 4.69) is 20.9 Å². The number of nitrogens with two attached hydrogens (primary N) is 1. The zero-order chi connectivity index (χ0) is 28.5. The van der Waals surface area contributed by atoms with E-state index >= 15 is 0 Å². The molecule has 9 nitrogen and oxygen atoms in total. The molecule has 3 atom stereocenters. The van der Waals surface area contributed by atoms with Crippen LogP contribution in [0.15, 0.2) is 79.0 Å². The number of ether oxygens (including phenoxy) is 1. The largest absolute Gasteiger partial charge is 0.453 e. The molecule has 0 saturated heterocycles. The molecule has 3 aromatic rings. The van der Waals surface area contributed by atoms with Crippen LogP contribution in [-0.2, 0) is 22.5 Å². The van der Waals surface area contributed by atoms with Crippen molar-refractivity contribution in [3.8, 4) is 11.3 Å². The number of nitrogens with one attached hydrogen (secondary N) is 3. The smallest absolute Gasteiger partial charge is 0.408 e. The van der Waals surface area contributed by atoms with Crippen LogP contribution < -0.4 is 21.7 Å². The minimum atomic E-state index is -1.78. The Morgan fingerprint density at radius 1 is 0.974 bits per heavy atom. The van der Waals surface area contributed by atoms with Crippen LogP contribution in [-0.4, -0.2) is 53.6 Å². The van der Waals surface area contributed by atoms with Gasteiger partial charge in [-0.05, 0) is 29.7 Å². The number of carbonyl (C=O) groups excluding carboxylic acids is 2. The zero-order valence-corrected chi connectivity index (χ0v) is 23.0. The number of alkyl carbamates (subject to hydrolysis) is 1. The van der Waals surface area contributed by atoms with E-state index < -0.39 is 35.2 Å². The first-order valence-electron chi connectivity index (χ1n) is 12.9. The van der Waals surface area contributed by atoms with E-state index in [1.807, 2.05) is 72.8 Å². The van der Waals surface area contributed by atoms with Gasteiger partial charge in [0.25, 0.3) is 5.91 Å². The Balaban J connectivity index is 1.69. The Kier molecular flexibility index (Phi) is 10.2. The van der Waals surface area contributed by atoms with E-state index in [0.29, 0.717) is 13.0 Å². The highest BCUT2D eigenvalue weighted by molar-refractivity contribution is 5.90. The number of aliphatic hydroxyl groups excluding tert-OH is 1. The molecule has 0 aliphatic carbocycles. The van der Waals surface area contributed by atoms with Crippen LogP contribution in [0.1, 0.15) is 31.9 Å². The maximum Gasteiger partial charge on any atom is 0.408 e. The van der Waals surface area contributed by atoms with Crippen molar-refractivity contribution in [3.05, 3.63) is 90.1 Å². The topological polar surface area (TPSA) is 139 Å². The molecule has 6 N–H and O–H groups in total. The van der Waals surface area contributed by atoms with Gasteiger partial charge in [0.1, 0.15) is 0 Å². The van der Waals surface area contributed by atoms with Crippen LogP contribution >= 0.6 is 0 Å². The zero-order valence-electron chi connectivity index (χ0n) is 23.0. The highest BCUT2D eigenvalue weighted by Gasteiger charge is 2.47. The second kappa shape index (κ2) is 13.3. The SMILES string of the molecule is COC(=O)N[C@](N)(C(=O)N[C@@H](Cc1ccccc1)[C@@H](O)CNCc1ccc(-c2ccccn2)cc1)C(C)(C)C. The van der Waals surface area contributed by atoms with Crippen LogP contribution in [0.5, 0.6) is 0 Å². The summed E-state index contributed by atoms with van der Waals surface area (Å²) in [5, 5.41) is 19.8. The molecule has 208 valence electrons. The fourth-order valence-electron chi connectivity index (χ4n) is 4.06. The van der Waals surface area contributed by atoms with Gasteiger partial charge in [0.2, 0.25) is 0 Å². The number of pyridine rings is 1. The number of hydrogen-bond donors (Lipinski definition) is 5. The first-order chi connectivity index (χ1) is 18.5. The monoisotopic (exact) mass is 533 g/mol. The molecule has 0 spiro atoms. The second-order valence-electron chi connectivity index (χ2n) is 10.6. The van der Waals surface area contributed by atoms with Crippen LogP contribution in [0.25, 0.3) is 11.3 Å². The van der Waals surface area contributed by atoms with E-state index in [0.717, 1.165) is 22.4 Å². The third-order valence-electron chi connectivity index (χ3n) is 6.70. The molecule has 9 heteroatoms. The third kappa shape index (κ3) is 8.10. The molecule has 0 aliphatic rings. The Morgan fingerprint density at radius 2 is 1.64 bits per heavy atom. The van der Waals surface area contributed by atoms with Crippen molar-refractivity contribution in [2.45, 2.75) is 51.5 Å². The normalized spacial score (nSPS) is 14.5. The Labute approximate surface area is 230 Å². The molecule has 2 amide bonds. The lowest BCUT2D eigenvalue weighted by Gasteiger charge is -2.41. The fraction of sp³-hybridized carbons (Fsp3) is 0.367. The highest BCUT2D eigenvalue weighted by atomic mass is 16.5. The molecule has 0 unspecified atom stereocenters. The number of aromatic nitrogens is 1. The van der Waals surface area contributed by atoms with Gasteiger partial charge in [0.05, 0.1) is 24.9 Å². The lowest BCUT2D eigenvalue weighted by molar-refractivity contribution is -0.133. The standard InChI is InChI=1S/C30H39N5O4/c1-29(2,3)30(31,35-28(38)39-4)27(37)34-25(18-21-10-6-5-7-11-21)26(36)20-32-19-22-13-15-23(16-14-22)24-12-8-9-17-33-24/h5-17,25-26,32,36H,18-20,31H2,1-4H3,(H,34,37)(H,35,38)/t25-,26-,30+/m0/s1. The van der Waals surface area contributed by atoms with Crippen molar-refractivity contribution in [1.82, 2.24) is 20.9 Å². The van der Waals surface area contributed by atoms with Gasteiger partial charge in [-0.3, -0.25) is 15.1 Å². The summed E-state index contributed by atoms with van der Waals surface area (Å²) in [5.41, 5.74) is 7.71. The van der Waals surface area contributed by atoms with Crippen LogP contribution in [0.3, 0.4) is 0 Å². The van der Waals surface area contributed by atoms with E-state index in [4.69, 9.17) is 10.5 Å². The van der Waals surface area contributed by atoms with Gasteiger partial charge in [-0.2, -0.15) is 0 Å². The van der Waals surface area contributed by atoms with Gasteiger partial charge < -0.3 is 26.2 Å². The second-order valence-corrected chi connectivity index (χ2v) is 10.6. The quantitative estimate of drug-likeness (QED) is 0.239.